The monoisotopic (exact) mass is 469 g/mol. The predicted molar refractivity (Wildman–Crippen MR) is 106 cm³/mol. The van der Waals surface area contributed by atoms with Crippen molar-refractivity contribution in [3.8, 4) is 0 Å². The van der Waals surface area contributed by atoms with Crippen LogP contribution < -0.4 is 4.72 Å². The molecule has 1 N–H and O–H groups in total. The summed E-state index contributed by atoms with van der Waals surface area (Å²) in [6.45, 7) is 1.87. The molecule has 0 spiro atoms. The lowest BCUT2D eigenvalue weighted by molar-refractivity contribution is -0.137. The largest absolute Gasteiger partial charge is 0.416 e. The number of nitrogens with one attached hydrogen (secondary N) is 1. The molecule has 0 aliphatic carbocycles. The van der Waals surface area contributed by atoms with E-state index in [4.69, 9.17) is 20.6 Å². The van der Waals surface area contributed by atoms with Crippen LogP contribution in [0.2, 0.25) is 0 Å². The van der Waals surface area contributed by atoms with Gasteiger partial charge in [-0.25, -0.2) is 8.93 Å². The molecule has 2 rings (SSSR count). The highest BCUT2D eigenvalue weighted by atomic mass is 35.5. The second kappa shape index (κ2) is 9.73. The summed E-state index contributed by atoms with van der Waals surface area (Å²) in [6.07, 6.45) is -4.51. The maximum atomic E-state index is 12.9. The second-order valence-electron chi connectivity index (χ2n) is 6.07. The van der Waals surface area contributed by atoms with Crippen molar-refractivity contribution in [1.82, 2.24) is 4.72 Å². The Bertz CT molecular complexity index is 885. The fourth-order valence-corrected chi connectivity index (χ4v) is 5.51. The van der Waals surface area contributed by atoms with Crippen molar-refractivity contribution in [1.29, 1.82) is 0 Å². The molecule has 0 bridgehead atoms. The van der Waals surface area contributed by atoms with Crippen LogP contribution in [0.4, 0.5) is 13.2 Å². The third kappa shape index (κ3) is 5.90. The Labute approximate surface area is 174 Å². The van der Waals surface area contributed by atoms with Crippen molar-refractivity contribution in [3.63, 3.8) is 0 Å². The van der Waals surface area contributed by atoms with Gasteiger partial charge in [0.2, 0.25) is 0 Å². The standard InChI is InChI=1S/C18H20ClF3NO4PS/c1-12-4-10-15(11-5-12)29(25)23-16(17(19)28(24,26-2)27-3)13-6-8-14(9-7-13)18(20,21)22/h4-11,16-17,23H,1-3H3/t16-,17+,29+/m1/s1. The molecule has 0 aromatic heterocycles. The Morgan fingerprint density at radius 3 is 2.00 bits per heavy atom. The quantitative estimate of drug-likeness (QED) is 0.414. The molecule has 29 heavy (non-hydrogen) atoms. The van der Waals surface area contributed by atoms with Crippen molar-refractivity contribution >= 4 is 30.2 Å². The van der Waals surface area contributed by atoms with E-state index < -0.39 is 41.5 Å². The Morgan fingerprint density at radius 2 is 1.55 bits per heavy atom. The molecule has 0 fully saturated rings. The van der Waals surface area contributed by atoms with Gasteiger partial charge < -0.3 is 9.05 Å². The van der Waals surface area contributed by atoms with Crippen LogP contribution in [-0.2, 0) is 30.8 Å². The van der Waals surface area contributed by atoms with Gasteiger partial charge in [-0.2, -0.15) is 13.2 Å². The third-order valence-electron chi connectivity index (χ3n) is 4.15. The molecule has 160 valence electrons. The second-order valence-corrected chi connectivity index (χ2v) is 10.5. The number of hydrogen-bond acceptors (Lipinski definition) is 4. The SMILES string of the molecule is COP(=O)(OC)[C@H](Cl)[C@H](N[S@@](=O)c1ccc(C)cc1)c1ccc(C(F)(F)F)cc1. The topological polar surface area (TPSA) is 64.6 Å². The van der Waals surface area contributed by atoms with Crippen LogP contribution in [0.3, 0.4) is 0 Å². The summed E-state index contributed by atoms with van der Waals surface area (Å²) in [6, 6.07) is 9.79. The smallest absolute Gasteiger partial charge is 0.311 e. The fraction of sp³-hybridized carbons (Fsp3) is 0.333. The number of benzene rings is 2. The average Bonchev–Trinajstić information content (AvgIpc) is 2.70. The number of hydrogen-bond donors (Lipinski definition) is 1. The summed E-state index contributed by atoms with van der Waals surface area (Å²) < 4.78 is 76.7. The van der Waals surface area contributed by atoms with Crippen LogP contribution in [0.25, 0.3) is 0 Å². The third-order valence-corrected chi connectivity index (χ3v) is 8.21. The summed E-state index contributed by atoms with van der Waals surface area (Å²) in [4.78, 5) is 0.418. The molecule has 3 atom stereocenters. The van der Waals surface area contributed by atoms with Gasteiger partial charge >= 0.3 is 13.8 Å². The van der Waals surface area contributed by atoms with Crippen molar-refractivity contribution in [3.05, 3.63) is 65.2 Å². The van der Waals surface area contributed by atoms with Crippen molar-refractivity contribution in [2.75, 3.05) is 14.2 Å². The van der Waals surface area contributed by atoms with Gasteiger partial charge in [-0.1, -0.05) is 29.8 Å². The lowest BCUT2D eigenvalue weighted by Gasteiger charge is -2.28. The number of alkyl halides is 4. The molecule has 2 aromatic carbocycles. The molecular weight excluding hydrogens is 450 g/mol. The van der Waals surface area contributed by atoms with E-state index in [0.717, 1.165) is 31.9 Å². The Morgan fingerprint density at radius 1 is 1.03 bits per heavy atom. The molecule has 0 heterocycles. The van der Waals surface area contributed by atoms with Crippen molar-refractivity contribution in [2.24, 2.45) is 0 Å². The minimum Gasteiger partial charge on any atom is -0.311 e. The van der Waals surface area contributed by atoms with Gasteiger partial charge in [0.1, 0.15) is 11.0 Å². The van der Waals surface area contributed by atoms with Gasteiger partial charge in [-0.05, 0) is 36.8 Å². The Hall–Kier alpha value is -1.22. The van der Waals surface area contributed by atoms with Gasteiger partial charge in [0, 0.05) is 14.2 Å². The van der Waals surface area contributed by atoms with E-state index in [9.17, 15) is 21.9 Å². The van der Waals surface area contributed by atoms with Crippen LogP contribution in [0.5, 0.6) is 0 Å². The minimum atomic E-state index is -4.51. The van der Waals surface area contributed by atoms with Crippen molar-refractivity contribution < 1.29 is 31.0 Å². The summed E-state index contributed by atoms with van der Waals surface area (Å²) in [5.74, 6) is 0. The van der Waals surface area contributed by atoms with E-state index in [1.165, 1.54) is 12.1 Å². The minimum absolute atomic E-state index is 0.243. The molecule has 11 heteroatoms. The Balaban J connectivity index is 2.41. The lowest BCUT2D eigenvalue weighted by Crippen LogP contribution is -2.31. The first kappa shape index (κ1) is 24.1. The molecular formula is C18H20ClF3NO4PS. The fourth-order valence-electron chi connectivity index (χ4n) is 2.47. The summed E-state index contributed by atoms with van der Waals surface area (Å²) in [7, 11) is -3.36. The lowest BCUT2D eigenvalue weighted by atomic mass is 10.1. The molecule has 0 aliphatic heterocycles. The molecule has 0 saturated heterocycles. The van der Waals surface area contributed by atoms with E-state index in [-0.39, 0.29) is 5.56 Å². The first-order valence-corrected chi connectivity index (χ1v) is 11.5. The summed E-state index contributed by atoms with van der Waals surface area (Å²) >= 11 is 6.34. The molecule has 2 aromatic rings. The van der Waals surface area contributed by atoms with Crippen LogP contribution in [-0.4, -0.2) is 23.5 Å². The molecule has 5 nitrogen and oxygen atoms in total. The van der Waals surface area contributed by atoms with Gasteiger partial charge in [0.25, 0.3) is 0 Å². The van der Waals surface area contributed by atoms with Crippen molar-refractivity contribution in [2.45, 2.75) is 29.2 Å². The molecule has 0 saturated carbocycles. The van der Waals surface area contributed by atoms with Crippen LogP contribution in [0.15, 0.2) is 53.4 Å². The predicted octanol–water partition coefficient (Wildman–Crippen LogP) is 5.42. The van der Waals surface area contributed by atoms with E-state index in [1.807, 2.05) is 6.92 Å². The zero-order chi connectivity index (χ0) is 21.8. The first-order valence-electron chi connectivity index (χ1n) is 8.29. The number of aryl methyl sites for hydroxylation is 1. The van der Waals surface area contributed by atoms with E-state index in [2.05, 4.69) is 4.72 Å². The van der Waals surface area contributed by atoms with Gasteiger partial charge in [0.05, 0.1) is 16.5 Å². The molecule has 0 amide bonds. The number of halogens is 4. The van der Waals surface area contributed by atoms with Crippen LogP contribution >= 0.6 is 19.2 Å². The Kier molecular flexibility index (Phi) is 8.07. The van der Waals surface area contributed by atoms with Gasteiger partial charge in [0.15, 0.2) is 5.12 Å². The average molecular weight is 470 g/mol. The maximum Gasteiger partial charge on any atom is 0.416 e. The van der Waals surface area contributed by atoms with Gasteiger partial charge in [-0.15, -0.1) is 11.6 Å². The maximum absolute atomic E-state index is 12.9. The molecule has 0 aliphatic rings. The van der Waals surface area contributed by atoms with Crippen LogP contribution in [0, 0.1) is 6.92 Å². The van der Waals surface area contributed by atoms with E-state index in [1.54, 1.807) is 24.3 Å². The zero-order valence-electron chi connectivity index (χ0n) is 15.8. The first-order chi connectivity index (χ1) is 13.5. The van der Waals surface area contributed by atoms with Gasteiger partial charge in [-0.3, -0.25) is 4.57 Å². The van der Waals surface area contributed by atoms with Crippen LogP contribution in [0.1, 0.15) is 22.7 Å². The summed E-state index contributed by atoms with van der Waals surface area (Å²) in [5, 5.41) is -1.36. The molecule has 0 radical (unpaired) electrons. The van der Waals surface area contributed by atoms with E-state index in [0.29, 0.717) is 4.90 Å². The zero-order valence-corrected chi connectivity index (χ0v) is 18.2. The molecule has 0 unspecified atom stereocenters. The number of rotatable bonds is 8. The highest BCUT2D eigenvalue weighted by molar-refractivity contribution is 7.83. The highest BCUT2D eigenvalue weighted by Crippen LogP contribution is 2.57. The normalized spacial score (nSPS) is 15.7. The summed E-state index contributed by atoms with van der Waals surface area (Å²) in [5.41, 5.74) is 0.351. The van der Waals surface area contributed by atoms with E-state index >= 15 is 0 Å². The highest BCUT2D eigenvalue weighted by Gasteiger charge is 2.41.